The summed E-state index contributed by atoms with van der Waals surface area (Å²) < 4.78 is 2.39. The quantitative estimate of drug-likeness (QED) is 0.928. The van der Waals surface area contributed by atoms with E-state index in [2.05, 4.69) is 36.5 Å². The summed E-state index contributed by atoms with van der Waals surface area (Å²) in [6, 6.07) is 3.53. The molecule has 0 aliphatic carbocycles. The molecule has 0 bridgehead atoms. The number of hydrogen-bond acceptors (Lipinski definition) is 4. The summed E-state index contributed by atoms with van der Waals surface area (Å²) in [6.07, 6.45) is 3.22. The molecule has 88 valence electrons. The number of halogens is 1. The topological polar surface area (TPSA) is 72.7 Å². The third-order valence-electron chi connectivity index (χ3n) is 2.10. The molecule has 0 atom stereocenters. The van der Waals surface area contributed by atoms with E-state index in [1.807, 2.05) is 13.0 Å². The van der Waals surface area contributed by atoms with Gasteiger partial charge in [-0.25, -0.2) is 9.67 Å². The minimum absolute atomic E-state index is 0.129. The zero-order valence-electron chi connectivity index (χ0n) is 9.09. The largest absolute Gasteiger partial charge is 0.309 e. The van der Waals surface area contributed by atoms with Gasteiger partial charge in [-0.15, -0.1) is 5.10 Å². The molecule has 1 N–H and O–H groups in total. The first-order valence-corrected chi connectivity index (χ1v) is 5.71. The minimum atomic E-state index is -0.187. The molecule has 0 saturated carbocycles. The maximum atomic E-state index is 11.7. The molecular weight excluding hydrogens is 286 g/mol. The second-order valence-electron chi connectivity index (χ2n) is 3.44. The van der Waals surface area contributed by atoms with Crippen LogP contribution in [0.5, 0.6) is 0 Å². The molecule has 0 aliphatic heterocycles. The highest BCUT2D eigenvalue weighted by Crippen LogP contribution is 2.10. The van der Waals surface area contributed by atoms with Gasteiger partial charge in [-0.05, 0) is 35.0 Å². The summed E-state index contributed by atoms with van der Waals surface area (Å²) in [5, 5.41) is 10.2. The highest BCUT2D eigenvalue weighted by molar-refractivity contribution is 9.10. The molecule has 2 aromatic rings. The van der Waals surface area contributed by atoms with E-state index in [0.29, 0.717) is 5.82 Å². The van der Waals surface area contributed by atoms with Crippen LogP contribution >= 0.6 is 15.9 Å². The van der Waals surface area contributed by atoms with Crippen LogP contribution in [-0.4, -0.2) is 25.9 Å². The van der Waals surface area contributed by atoms with Crippen molar-refractivity contribution in [3.8, 4) is 0 Å². The Kier molecular flexibility index (Phi) is 3.48. The van der Waals surface area contributed by atoms with E-state index in [-0.39, 0.29) is 12.5 Å². The first-order chi connectivity index (χ1) is 8.15. The van der Waals surface area contributed by atoms with Crippen molar-refractivity contribution in [3.63, 3.8) is 0 Å². The fraction of sp³-hybridized carbons (Fsp3) is 0.200. The number of aryl methyl sites for hydroxylation is 1. The van der Waals surface area contributed by atoms with Gasteiger partial charge in [0.2, 0.25) is 5.91 Å². The van der Waals surface area contributed by atoms with Crippen LogP contribution in [0.3, 0.4) is 0 Å². The Labute approximate surface area is 106 Å². The van der Waals surface area contributed by atoms with E-state index in [1.165, 1.54) is 4.68 Å². The molecule has 7 heteroatoms. The lowest BCUT2D eigenvalue weighted by atomic mass is 10.4. The Balaban J connectivity index is 1.98. The standard InChI is InChI=1S/C10H10BrN5O/c1-7-4-13-15-16(7)6-10(17)14-9-3-2-8(11)5-12-9/h2-5H,6H2,1H3,(H,12,14,17). The van der Waals surface area contributed by atoms with Gasteiger partial charge in [0.1, 0.15) is 12.4 Å². The van der Waals surface area contributed by atoms with Crippen LogP contribution in [0, 0.1) is 6.92 Å². The van der Waals surface area contributed by atoms with Crippen molar-refractivity contribution in [1.29, 1.82) is 0 Å². The van der Waals surface area contributed by atoms with E-state index in [0.717, 1.165) is 10.2 Å². The molecule has 0 unspecified atom stereocenters. The number of rotatable bonds is 3. The number of carbonyl (C=O) groups is 1. The lowest BCUT2D eigenvalue weighted by Gasteiger charge is -2.05. The highest BCUT2D eigenvalue weighted by atomic mass is 79.9. The fourth-order valence-electron chi connectivity index (χ4n) is 1.23. The lowest BCUT2D eigenvalue weighted by Crippen LogP contribution is -2.20. The number of nitrogens with one attached hydrogen (secondary N) is 1. The average molecular weight is 296 g/mol. The lowest BCUT2D eigenvalue weighted by molar-refractivity contribution is -0.117. The molecule has 0 radical (unpaired) electrons. The number of carbonyl (C=O) groups excluding carboxylic acids is 1. The summed E-state index contributed by atoms with van der Waals surface area (Å²) in [4.78, 5) is 15.7. The van der Waals surface area contributed by atoms with E-state index in [4.69, 9.17) is 0 Å². The van der Waals surface area contributed by atoms with Crippen molar-refractivity contribution in [2.45, 2.75) is 13.5 Å². The average Bonchev–Trinajstić information content (AvgIpc) is 2.68. The number of nitrogens with zero attached hydrogens (tertiary/aromatic N) is 4. The zero-order valence-corrected chi connectivity index (χ0v) is 10.7. The van der Waals surface area contributed by atoms with Crippen molar-refractivity contribution in [2.24, 2.45) is 0 Å². The second-order valence-corrected chi connectivity index (χ2v) is 4.36. The van der Waals surface area contributed by atoms with Crippen molar-refractivity contribution in [3.05, 3.63) is 34.7 Å². The molecule has 0 spiro atoms. The molecular formula is C10H10BrN5O. The van der Waals surface area contributed by atoms with Gasteiger partial charge in [0, 0.05) is 10.7 Å². The highest BCUT2D eigenvalue weighted by Gasteiger charge is 2.06. The minimum Gasteiger partial charge on any atom is -0.309 e. The summed E-state index contributed by atoms with van der Waals surface area (Å²) in [5.41, 5.74) is 0.837. The number of aromatic nitrogens is 4. The van der Waals surface area contributed by atoms with Crippen LogP contribution in [0.2, 0.25) is 0 Å². The van der Waals surface area contributed by atoms with Gasteiger partial charge < -0.3 is 5.32 Å². The van der Waals surface area contributed by atoms with Gasteiger partial charge in [-0.2, -0.15) is 0 Å². The Bertz CT molecular complexity index is 522. The normalized spacial score (nSPS) is 10.2. The summed E-state index contributed by atoms with van der Waals surface area (Å²) in [7, 11) is 0. The van der Waals surface area contributed by atoms with Gasteiger partial charge >= 0.3 is 0 Å². The molecule has 0 aliphatic rings. The molecule has 6 nitrogen and oxygen atoms in total. The van der Waals surface area contributed by atoms with Gasteiger partial charge in [0.05, 0.1) is 11.9 Å². The van der Waals surface area contributed by atoms with Crippen LogP contribution in [0.1, 0.15) is 5.69 Å². The Morgan fingerprint density at radius 2 is 2.29 bits per heavy atom. The van der Waals surface area contributed by atoms with Crippen LogP contribution in [0.15, 0.2) is 29.0 Å². The molecule has 2 aromatic heterocycles. The third kappa shape index (κ3) is 3.10. The van der Waals surface area contributed by atoms with E-state index >= 15 is 0 Å². The molecule has 0 aromatic carbocycles. The second kappa shape index (κ2) is 5.05. The molecule has 1 amide bonds. The SMILES string of the molecule is Cc1cnnn1CC(=O)Nc1ccc(Br)cn1. The third-order valence-corrected chi connectivity index (χ3v) is 2.57. The molecule has 2 rings (SSSR count). The van der Waals surface area contributed by atoms with Crippen LogP contribution in [0.25, 0.3) is 0 Å². The molecule has 0 saturated heterocycles. The van der Waals surface area contributed by atoms with Crippen LogP contribution in [-0.2, 0) is 11.3 Å². The number of pyridine rings is 1. The van der Waals surface area contributed by atoms with Crippen LogP contribution in [0.4, 0.5) is 5.82 Å². The number of hydrogen-bond donors (Lipinski definition) is 1. The van der Waals surface area contributed by atoms with Crippen molar-refractivity contribution in [2.75, 3.05) is 5.32 Å². The van der Waals surface area contributed by atoms with Crippen molar-refractivity contribution < 1.29 is 4.79 Å². The Morgan fingerprint density at radius 1 is 1.47 bits per heavy atom. The summed E-state index contributed by atoms with van der Waals surface area (Å²) in [5.74, 6) is 0.324. The summed E-state index contributed by atoms with van der Waals surface area (Å²) >= 11 is 3.27. The zero-order chi connectivity index (χ0) is 12.3. The van der Waals surface area contributed by atoms with Gasteiger partial charge in [-0.3, -0.25) is 4.79 Å². The maximum Gasteiger partial charge on any atom is 0.247 e. The molecule has 17 heavy (non-hydrogen) atoms. The number of anilines is 1. The predicted molar refractivity (Wildman–Crippen MR) is 65.3 cm³/mol. The van der Waals surface area contributed by atoms with Crippen molar-refractivity contribution >= 4 is 27.7 Å². The van der Waals surface area contributed by atoms with Gasteiger partial charge in [0.15, 0.2) is 0 Å². The van der Waals surface area contributed by atoms with E-state index < -0.39 is 0 Å². The van der Waals surface area contributed by atoms with E-state index in [9.17, 15) is 4.79 Å². The first-order valence-electron chi connectivity index (χ1n) is 4.91. The molecule has 0 fully saturated rings. The smallest absolute Gasteiger partial charge is 0.247 e. The van der Waals surface area contributed by atoms with Gasteiger partial charge in [-0.1, -0.05) is 5.21 Å². The van der Waals surface area contributed by atoms with Gasteiger partial charge in [0.25, 0.3) is 0 Å². The van der Waals surface area contributed by atoms with Crippen LogP contribution < -0.4 is 5.32 Å². The predicted octanol–water partition coefficient (Wildman–Crippen LogP) is 1.38. The number of amides is 1. The summed E-state index contributed by atoms with van der Waals surface area (Å²) in [6.45, 7) is 1.97. The Hall–Kier alpha value is -1.76. The maximum absolute atomic E-state index is 11.7. The fourth-order valence-corrected chi connectivity index (χ4v) is 1.47. The first kappa shape index (κ1) is 11.7. The van der Waals surface area contributed by atoms with E-state index in [1.54, 1.807) is 18.5 Å². The Morgan fingerprint density at radius 3 is 2.88 bits per heavy atom. The van der Waals surface area contributed by atoms with Crippen molar-refractivity contribution in [1.82, 2.24) is 20.0 Å². The molecule has 2 heterocycles. The monoisotopic (exact) mass is 295 g/mol.